The average molecular weight is 333 g/mol. The van der Waals surface area contributed by atoms with E-state index >= 15 is 0 Å². The van der Waals surface area contributed by atoms with Crippen molar-refractivity contribution in [1.29, 1.82) is 0 Å². The topological polar surface area (TPSA) is 79.7 Å². The maximum absolute atomic E-state index is 10.5. The molecule has 0 aromatic carbocycles. The summed E-state index contributed by atoms with van der Waals surface area (Å²) in [6, 6.07) is 0. The van der Waals surface area contributed by atoms with Gasteiger partial charge in [0.1, 0.15) is 12.6 Å². The van der Waals surface area contributed by atoms with Gasteiger partial charge in [-0.15, -0.1) is 4.37 Å². The lowest BCUT2D eigenvalue weighted by Crippen LogP contribution is -2.42. The Morgan fingerprint density at radius 3 is 3.10 bits per heavy atom. The molecule has 1 aromatic rings. The molecule has 1 aromatic heterocycles. The van der Waals surface area contributed by atoms with Gasteiger partial charge < -0.3 is 24.8 Å². The first-order valence-corrected chi connectivity index (χ1v) is 6.35. The van der Waals surface area contributed by atoms with Gasteiger partial charge in [0.05, 0.1) is 34.4 Å². The molecule has 0 aliphatic carbocycles. The average Bonchev–Trinajstić information content (AvgIpc) is 3.02. The number of hydrogen-bond donors (Lipinski definition) is 2. The molecule has 0 unspecified atom stereocenters. The Hall–Kier alpha value is -0.960. The molecule has 0 spiro atoms. The van der Waals surface area contributed by atoms with E-state index in [0.29, 0.717) is 11.7 Å². The van der Waals surface area contributed by atoms with Crippen LogP contribution < -0.4 is 15.0 Å². The Kier molecular flexibility index (Phi) is 1.85. The van der Waals surface area contributed by atoms with Gasteiger partial charge >= 0.3 is 0 Å². The Morgan fingerprint density at radius 2 is 2.38 bits per heavy atom. The molecule has 0 saturated carbocycles. The van der Waals surface area contributed by atoms with Gasteiger partial charge in [-0.2, -0.15) is 4.37 Å². The number of nitrogens with zero attached hydrogens (tertiary/aromatic N) is 3. The van der Waals surface area contributed by atoms with Crippen molar-refractivity contribution >= 4 is 17.5 Å². The van der Waals surface area contributed by atoms with Gasteiger partial charge in [0.2, 0.25) is 5.82 Å². The first-order chi connectivity index (χ1) is 16.2. The minimum Gasteiger partial charge on any atom is -0.472 e. The molecule has 1 fully saturated rings. The van der Waals surface area contributed by atoms with Crippen molar-refractivity contribution in [2.24, 2.45) is 0 Å². The van der Waals surface area contributed by atoms with Crippen molar-refractivity contribution in [3.8, 4) is 5.88 Å². The molecule has 2 N–H and O–H groups in total. The van der Waals surface area contributed by atoms with Gasteiger partial charge in [0.15, 0.2) is 0 Å². The molecule has 0 bridgehead atoms. The summed E-state index contributed by atoms with van der Waals surface area (Å²) in [5.41, 5.74) is -3.66. The van der Waals surface area contributed by atoms with Gasteiger partial charge in [-0.1, -0.05) is 0 Å². The molecule has 0 radical (unpaired) electrons. The standard InChI is InChI=1S/C13H24N4O3S/c1-13(2,3)14-8-10(18)9-20-12-11(15-21-16-12)17-4-6-19-7-5-17/h10,14,18H,4-9H2,1-3H3/t10-/m1/s1/i1D3,2D3,3D3,6D2,7D2,9D2,10D. The molecule has 8 heteroatoms. The van der Waals surface area contributed by atoms with Crippen LogP contribution in [0.15, 0.2) is 0 Å². The van der Waals surface area contributed by atoms with Crippen LogP contribution in [0.1, 0.15) is 42.5 Å². The normalized spacial score (nSPS) is 37.9. The highest BCUT2D eigenvalue weighted by Crippen LogP contribution is 2.26. The lowest BCUT2D eigenvalue weighted by atomic mass is 10.1. The quantitative estimate of drug-likeness (QED) is 0.785. The second-order valence-corrected chi connectivity index (χ2v) is 4.42. The smallest absolute Gasteiger partial charge is 0.270 e. The van der Waals surface area contributed by atoms with Crippen molar-refractivity contribution in [1.82, 2.24) is 14.1 Å². The van der Waals surface area contributed by atoms with Crippen LogP contribution in [0, 0.1) is 0 Å². The van der Waals surface area contributed by atoms with E-state index in [1.54, 1.807) is 5.32 Å². The maximum Gasteiger partial charge on any atom is 0.270 e. The van der Waals surface area contributed by atoms with Crippen molar-refractivity contribution < 1.29 is 36.5 Å². The van der Waals surface area contributed by atoms with Crippen LogP contribution in [-0.2, 0) is 4.74 Å². The summed E-state index contributed by atoms with van der Waals surface area (Å²) in [7, 11) is 0. The third-order valence-corrected chi connectivity index (χ3v) is 2.69. The summed E-state index contributed by atoms with van der Waals surface area (Å²) in [6.45, 7) is -22.4. The number of aliphatic hydroxyl groups is 1. The summed E-state index contributed by atoms with van der Waals surface area (Å²) in [5, 5.41) is 12.2. The SMILES string of the molecule is [2H]C1([2H])CN(c2nsnc2OC([2H])([2H])[C@]([2H])(O)CNC(C([2H])([2H])[2H])(C([2H])([2H])[2H])C([2H])([2H])[2H])CC([2H])([2H])O1. The summed E-state index contributed by atoms with van der Waals surface area (Å²) < 4.78 is 140. The molecule has 1 aliphatic heterocycles. The zero-order chi connectivity index (χ0) is 29.1. The third-order valence-electron chi connectivity index (χ3n) is 2.18. The van der Waals surface area contributed by atoms with Crippen LogP contribution >= 0.6 is 11.7 Å². The lowest BCUT2D eigenvalue weighted by Gasteiger charge is -2.27. The summed E-state index contributed by atoms with van der Waals surface area (Å²) >= 11 is 0.439. The van der Waals surface area contributed by atoms with Crippen LogP contribution in [0.3, 0.4) is 0 Å². The maximum atomic E-state index is 10.5. The highest BCUT2D eigenvalue weighted by molar-refractivity contribution is 6.99. The van der Waals surface area contributed by atoms with E-state index in [-0.39, 0.29) is 5.82 Å². The number of hydrogen-bond acceptors (Lipinski definition) is 8. The predicted octanol–water partition coefficient (Wildman–Crippen LogP) is 0.503. The number of nitrogens with one attached hydrogen (secondary N) is 1. The second kappa shape index (κ2) is 7.35. The zero-order valence-electron chi connectivity index (χ0n) is 26.6. The number of morpholine rings is 1. The molecule has 1 atom stereocenters. The molecule has 1 saturated heterocycles. The molecule has 21 heavy (non-hydrogen) atoms. The highest BCUT2D eigenvalue weighted by atomic mass is 32.1. The number of ether oxygens (including phenoxy) is 2. The zero-order valence-corrected chi connectivity index (χ0v) is 11.5. The van der Waals surface area contributed by atoms with Gasteiger partial charge in [-0.3, -0.25) is 0 Å². The second-order valence-electron chi connectivity index (χ2n) is 3.89. The van der Waals surface area contributed by atoms with Crippen LogP contribution in [0.2, 0.25) is 0 Å². The van der Waals surface area contributed by atoms with E-state index in [9.17, 15) is 5.11 Å². The number of rotatable bonds is 6. The molecule has 1 aliphatic rings. The lowest BCUT2D eigenvalue weighted by molar-refractivity contribution is 0.0975. The van der Waals surface area contributed by atoms with Gasteiger partial charge in [-0.05, 0) is 20.6 Å². The van der Waals surface area contributed by atoms with E-state index in [4.69, 9.17) is 26.7 Å². The Morgan fingerprint density at radius 1 is 1.62 bits per heavy atom. The Bertz CT molecular complexity index is 907. The molecule has 2 heterocycles. The highest BCUT2D eigenvalue weighted by Gasteiger charge is 2.21. The van der Waals surface area contributed by atoms with Crippen molar-refractivity contribution in [2.75, 3.05) is 44.2 Å². The first-order valence-electron chi connectivity index (χ1n) is 13.6. The summed E-state index contributed by atoms with van der Waals surface area (Å²) in [6.07, 6.45) is -3.52. The molecule has 2 rings (SSSR count). The number of anilines is 1. The van der Waals surface area contributed by atoms with Crippen LogP contribution in [0.25, 0.3) is 0 Å². The van der Waals surface area contributed by atoms with E-state index in [1.165, 1.54) is 0 Å². The van der Waals surface area contributed by atoms with Gasteiger partial charge in [0, 0.05) is 37.5 Å². The van der Waals surface area contributed by atoms with E-state index in [2.05, 4.69) is 13.5 Å². The molecular formula is C13H24N4O3S. The minimum atomic E-state index is -3.73. The molecule has 0 amide bonds. The Balaban J connectivity index is 2.36. The fourth-order valence-corrected chi connectivity index (χ4v) is 1.77. The molecule has 120 valence electrons. The van der Waals surface area contributed by atoms with Crippen molar-refractivity contribution in [3.63, 3.8) is 0 Å². The van der Waals surface area contributed by atoms with Crippen LogP contribution in [0.4, 0.5) is 5.82 Å². The van der Waals surface area contributed by atoms with Gasteiger partial charge in [-0.25, -0.2) is 0 Å². The number of aromatic nitrogens is 2. The first kappa shape index (κ1) is 5.30. The monoisotopic (exact) mass is 332 g/mol. The van der Waals surface area contributed by atoms with E-state index in [1.807, 2.05) is 0 Å². The predicted molar refractivity (Wildman–Crippen MR) is 82.2 cm³/mol. The summed E-state index contributed by atoms with van der Waals surface area (Å²) in [4.78, 5) is 0.989. The van der Waals surface area contributed by atoms with Crippen LogP contribution in [-0.4, -0.2) is 64.8 Å². The van der Waals surface area contributed by atoms with Gasteiger partial charge in [0.25, 0.3) is 5.88 Å². The minimum absolute atomic E-state index is 0.365. The van der Waals surface area contributed by atoms with Crippen molar-refractivity contribution in [2.45, 2.75) is 32.2 Å². The van der Waals surface area contributed by atoms with E-state index < -0.39 is 77.4 Å². The van der Waals surface area contributed by atoms with E-state index in [0.717, 1.165) is 4.90 Å². The molecule has 7 nitrogen and oxygen atoms in total. The van der Waals surface area contributed by atoms with Crippen LogP contribution in [0.5, 0.6) is 5.88 Å². The molecular weight excluding hydrogens is 292 g/mol. The largest absolute Gasteiger partial charge is 0.472 e. The third kappa shape index (κ3) is 5.39. The number of β-amino-alcohol motifs (C(OH)–C–C–N with tert-alkyl or cyclic N) is 1. The Labute approximate surface area is 152 Å². The van der Waals surface area contributed by atoms with Crippen molar-refractivity contribution in [3.05, 3.63) is 0 Å². The fourth-order valence-electron chi connectivity index (χ4n) is 1.27. The summed E-state index contributed by atoms with van der Waals surface area (Å²) in [5.74, 6) is -1.07. The fraction of sp³-hybridized carbons (Fsp3) is 0.846.